The third-order valence-corrected chi connectivity index (χ3v) is 5.18. The number of rotatable bonds is 5. The minimum absolute atomic E-state index is 0.317. The second-order valence-electron chi connectivity index (χ2n) is 6.35. The maximum Gasteiger partial charge on any atom is 0.231 e. The van der Waals surface area contributed by atoms with Crippen LogP contribution in [0.25, 0.3) is 0 Å². The predicted octanol–water partition coefficient (Wildman–Crippen LogP) is 1.37. The van der Waals surface area contributed by atoms with Gasteiger partial charge in [0.25, 0.3) is 0 Å². The van der Waals surface area contributed by atoms with E-state index < -0.39 is 5.79 Å². The van der Waals surface area contributed by atoms with Gasteiger partial charge in [0.1, 0.15) is 6.33 Å². The number of nitrogens with zero attached hydrogens (tertiary/aromatic N) is 5. The number of hydrogen-bond acceptors (Lipinski definition) is 6. The monoisotopic (exact) mass is 370 g/mol. The standard InChI is InChI=1S/C17H22N8S/c1-2-19-14-21-15(23-17(18,22-14)13-8-9-13)25-11-20-16(24-25)26-10-12-6-4-3-5-7-12/h3-7,11,13H,2,8-10,18H2,1H3,(H2,19,21,22,23). The van der Waals surface area contributed by atoms with Crippen molar-refractivity contribution in [1.29, 1.82) is 0 Å². The zero-order valence-electron chi connectivity index (χ0n) is 14.6. The predicted molar refractivity (Wildman–Crippen MR) is 103 cm³/mol. The SMILES string of the molecule is CCN=C1NC(n2cnc(SCc3ccccc3)n2)=NC(N)(C2CC2)N1. The fourth-order valence-electron chi connectivity index (χ4n) is 2.76. The maximum atomic E-state index is 6.47. The zero-order valence-corrected chi connectivity index (χ0v) is 15.4. The Balaban J connectivity index is 1.52. The van der Waals surface area contributed by atoms with E-state index in [1.54, 1.807) is 22.8 Å². The molecule has 8 nitrogen and oxygen atoms in total. The molecule has 1 unspecified atom stereocenters. The summed E-state index contributed by atoms with van der Waals surface area (Å²) in [6, 6.07) is 10.3. The highest BCUT2D eigenvalue weighted by Crippen LogP contribution is 2.38. The van der Waals surface area contributed by atoms with Crippen LogP contribution in [-0.2, 0) is 5.75 Å². The Morgan fingerprint density at radius 2 is 2.15 bits per heavy atom. The van der Waals surface area contributed by atoms with Crippen molar-refractivity contribution in [2.24, 2.45) is 21.6 Å². The van der Waals surface area contributed by atoms with Crippen LogP contribution in [0.1, 0.15) is 25.3 Å². The van der Waals surface area contributed by atoms with Crippen LogP contribution in [0.2, 0.25) is 0 Å². The van der Waals surface area contributed by atoms with Crippen LogP contribution in [0.15, 0.2) is 51.8 Å². The number of aromatic nitrogens is 3. The molecule has 0 saturated heterocycles. The molecule has 0 amide bonds. The molecule has 2 aliphatic rings. The molecule has 1 atom stereocenters. The largest absolute Gasteiger partial charge is 0.319 e. The third kappa shape index (κ3) is 3.73. The molecule has 1 aliphatic heterocycles. The summed E-state index contributed by atoms with van der Waals surface area (Å²) in [5.74, 6) is 1.47. The number of nitrogens with two attached hydrogens (primary N) is 1. The van der Waals surface area contributed by atoms with Crippen molar-refractivity contribution >= 4 is 23.7 Å². The first-order chi connectivity index (χ1) is 12.7. The van der Waals surface area contributed by atoms with Crippen molar-refractivity contribution in [3.63, 3.8) is 0 Å². The van der Waals surface area contributed by atoms with Crippen LogP contribution < -0.4 is 16.4 Å². The van der Waals surface area contributed by atoms with Crippen LogP contribution in [0.5, 0.6) is 0 Å². The van der Waals surface area contributed by atoms with Gasteiger partial charge in [-0.15, -0.1) is 5.10 Å². The van der Waals surface area contributed by atoms with Crippen molar-refractivity contribution in [2.45, 2.75) is 36.5 Å². The van der Waals surface area contributed by atoms with E-state index in [1.807, 2.05) is 25.1 Å². The quantitative estimate of drug-likeness (QED) is 0.687. The lowest BCUT2D eigenvalue weighted by Crippen LogP contribution is -2.65. The lowest BCUT2D eigenvalue weighted by Gasteiger charge is -2.33. The van der Waals surface area contributed by atoms with E-state index in [-0.39, 0.29) is 0 Å². The van der Waals surface area contributed by atoms with E-state index in [9.17, 15) is 0 Å². The third-order valence-electron chi connectivity index (χ3n) is 4.25. The molecule has 1 aliphatic carbocycles. The van der Waals surface area contributed by atoms with Gasteiger partial charge in [-0.05, 0) is 25.3 Å². The molecule has 1 saturated carbocycles. The van der Waals surface area contributed by atoms with Gasteiger partial charge < -0.3 is 5.32 Å². The van der Waals surface area contributed by atoms with Gasteiger partial charge in [-0.3, -0.25) is 16.0 Å². The summed E-state index contributed by atoms with van der Waals surface area (Å²) in [6.45, 7) is 2.63. The second kappa shape index (κ2) is 7.08. The lowest BCUT2D eigenvalue weighted by atomic mass is 10.2. The van der Waals surface area contributed by atoms with Crippen LogP contribution in [0, 0.1) is 5.92 Å². The number of guanidine groups is 1. The molecule has 26 heavy (non-hydrogen) atoms. The normalized spacial score (nSPS) is 24.1. The first kappa shape index (κ1) is 17.0. The van der Waals surface area contributed by atoms with E-state index in [0.29, 0.717) is 29.5 Å². The van der Waals surface area contributed by atoms with Gasteiger partial charge in [-0.25, -0.2) is 9.98 Å². The van der Waals surface area contributed by atoms with E-state index in [1.165, 1.54) is 5.56 Å². The van der Waals surface area contributed by atoms with Crippen molar-refractivity contribution in [3.8, 4) is 0 Å². The smallest absolute Gasteiger partial charge is 0.231 e. The average molecular weight is 370 g/mol. The molecular weight excluding hydrogens is 348 g/mol. The summed E-state index contributed by atoms with van der Waals surface area (Å²) in [6.07, 6.45) is 3.78. The molecule has 0 spiro atoms. The first-order valence-corrected chi connectivity index (χ1v) is 9.72. The van der Waals surface area contributed by atoms with E-state index in [4.69, 9.17) is 5.73 Å². The van der Waals surface area contributed by atoms with Gasteiger partial charge in [0.05, 0.1) is 0 Å². The molecule has 4 N–H and O–H groups in total. The Kier molecular flexibility index (Phi) is 4.64. The molecule has 2 aromatic rings. The highest BCUT2D eigenvalue weighted by atomic mass is 32.2. The van der Waals surface area contributed by atoms with Gasteiger partial charge >= 0.3 is 0 Å². The Hall–Kier alpha value is -2.39. The second-order valence-corrected chi connectivity index (χ2v) is 7.30. The van der Waals surface area contributed by atoms with Crippen LogP contribution >= 0.6 is 11.8 Å². The van der Waals surface area contributed by atoms with E-state index >= 15 is 0 Å². The van der Waals surface area contributed by atoms with Gasteiger partial charge in [-0.1, -0.05) is 42.1 Å². The van der Waals surface area contributed by atoms with Gasteiger partial charge in [0, 0.05) is 18.2 Å². The topological polar surface area (TPSA) is 106 Å². The molecular formula is C17H22N8S. The Labute approximate surface area is 156 Å². The number of aliphatic imine (C=N–C) groups is 2. The zero-order chi connectivity index (χ0) is 18.0. The molecule has 0 radical (unpaired) electrons. The highest BCUT2D eigenvalue weighted by Gasteiger charge is 2.45. The average Bonchev–Trinajstić information content (AvgIpc) is 3.40. The molecule has 2 heterocycles. The van der Waals surface area contributed by atoms with Crippen LogP contribution in [0.4, 0.5) is 0 Å². The van der Waals surface area contributed by atoms with E-state index in [0.717, 1.165) is 18.6 Å². The Bertz CT molecular complexity index is 826. The number of benzene rings is 1. The number of thioether (sulfide) groups is 1. The maximum absolute atomic E-state index is 6.47. The van der Waals surface area contributed by atoms with Gasteiger partial charge in [-0.2, -0.15) is 4.68 Å². The summed E-state index contributed by atoms with van der Waals surface area (Å²) in [4.78, 5) is 13.4. The fourth-order valence-corrected chi connectivity index (χ4v) is 3.51. The fraction of sp³-hybridized carbons (Fsp3) is 0.412. The summed E-state index contributed by atoms with van der Waals surface area (Å²) in [7, 11) is 0. The minimum atomic E-state index is -0.835. The molecule has 0 bridgehead atoms. The van der Waals surface area contributed by atoms with Gasteiger partial charge in [0.15, 0.2) is 5.79 Å². The lowest BCUT2D eigenvalue weighted by molar-refractivity contribution is 0.344. The Morgan fingerprint density at radius 3 is 2.88 bits per heavy atom. The summed E-state index contributed by atoms with van der Waals surface area (Å²) in [5.41, 5.74) is 7.70. The van der Waals surface area contributed by atoms with E-state index in [2.05, 4.69) is 42.8 Å². The summed E-state index contributed by atoms with van der Waals surface area (Å²) >= 11 is 1.59. The van der Waals surface area contributed by atoms with Crippen molar-refractivity contribution in [3.05, 3.63) is 42.2 Å². The molecule has 136 valence electrons. The Morgan fingerprint density at radius 1 is 1.35 bits per heavy atom. The molecule has 1 fully saturated rings. The first-order valence-electron chi connectivity index (χ1n) is 8.73. The number of nitrogens with one attached hydrogen (secondary N) is 2. The molecule has 1 aromatic heterocycles. The van der Waals surface area contributed by atoms with Crippen LogP contribution in [0.3, 0.4) is 0 Å². The van der Waals surface area contributed by atoms with Crippen molar-refractivity contribution < 1.29 is 0 Å². The highest BCUT2D eigenvalue weighted by molar-refractivity contribution is 7.98. The minimum Gasteiger partial charge on any atom is -0.319 e. The molecule has 4 rings (SSSR count). The summed E-state index contributed by atoms with van der Waals surface area (Å²) < 4.78 is 1.63. The van der Waals surface area contributed by atoms with Crippen molar-refractivity contribution in [2.75, 3.05) is 6.54 Å². The van der Waals surface area contributed by atoms with Gasteiger partial charge in [0.2, 0.25) is 17.1 Å². The number of hydrogen-bond donors (Lipinski definition) is 3. The van der Waals surface area contributed by atoms with Crippen molar-refractivity contribution in [1.82, 2.24) is 25.4 Å². The molecule has 9 heteroatoms. The van der Waals surface area contributed by atoms with Crippen LogP contribution in [-0.4, -0.2) is 39.0 Å². The molecule has 1 aromatic carbocycles. The summed E-state index contributed by atoms with van der Waals surface area (Å²) in [5, 5.41) is 11.6.